The van der Waals surface area contributed by atoms with Gasteiger partial charge in [-0.25, -0.2) is 0 Å². The molecule has 0 spiro atoms. The molecule has 0 aromatic heterocycles. The van der Waals surface area contributed by atoms with E-state index in [4.69, 9.17) is 10.1 Å². The predicted molar refractivity (Wildman–Crippen MR) is 22.8 cm³/mol. The lowest BCUT2D eigenvalue weighted by Gasteiger charge is -1.74. The van der Waals surface area contributed by atoms with E-state index in [2.05, 4.69) is 4.62 Å². The Morgan fingerprint density at radius 1 is 1.83 bits per heavy atom. The van der Waals surface area contributed by atoms with Crippen LogP contribution in [-0.2, 0) is 4.62 Å². The van der Waals surface area contributed by atoms with Crippen LogP contribution in [-0.4, -0.2) is 5.09 Å². The van der Waals surface area contributed by atoms with Gasteiger partial charge in [-0.1, -0.05) is 0 Å². The standard InChI is InChI=1S/H2NO3P.H3N/c2-1(3)4-5;/h5H2;1H3. The number of nitrogens with zero attached hydrogens (tertiary/aromatic N) is 1. The lowest BCUT2D eigenvalue weighted by atomic mass is 13.1. The van der Waals surface area contributed by atoms with Gasteiger partial charge in [0, 0.05) is 0 Å². The molecular weight excluding hydrogens is 107 g/mol. The van der Waals surface area contributed by atoms with Gasteiger partial charge in [-0.05, 0) is 0 Å². The molecule has 0 radical (unpaired) electrons. The summed E-state index contributed by atoms with van der Waals surface area (Å²) in [5.41, 5.74) is 0. The molecule has 0 saturated heterocycles. The Morgan fingerprint density at radius 2 is 2.00 bits per heavy atom. The van der Waals surface area contributed by atoms with Crippen LogP contribution in [0.2, 0.25) is 0 Å². The summed E-state index contributed by atoms with van der Waals surface area (Å²) in [4.78, 5) is 8.93. The highest BCUT2D eigenvalue weighted by Crippen LogP contribution is 1.79. The van der Waals surface area contributed by atoms with E-state index in [1.165, 1.54) is 9.47 Å². The molecule has 0 aliphatic heterocycles. The smallest absolute Gasteiger partial charge is 0.297 e. The zero-order valence-corrected chi connectivity index (χ0v) is 4.11. The Kier molecular flexibility index (Phi) is 6.99. The lowest BCUT2D eigenvalue weighted by molar-refractivity contribution is -0.709. The van der Waals surface area contributed by atoms with E-state index in [0.717, 1.165) is 0 Å². The quantitative estimate of drug-likeness (QED) is 0.297. The summed E-state index contributed by atoms with van der Waals surface area (Å²) in [6.07, 6.45) is 0. The van der Waals surface area contributed by atoms with E-state index in [9.17, 15) is 0 Å². The van der Waals surface area contributed by atoms with E-state index >= 15 is 0 Å². The maximum absolute atomic E-state index is 8.93. The molecule has 1 atom stereocenters. The molecule has 0 rings (SSSR count). The van der Waals surface area contributed by atoms with Gasteiger partial charge in [0.05, 0.1) is 9.47 Å². The third-order valence-corrected chi connectivity index (χ3v) is 0.258. The van der Waals surface area contributed by atoms with Crippen LogP contribution < -0.4 is 6.15 Å². The third-order valence-electron chi connectivity index (χ3n) is 0.0861. The molecule has 0 amide bonds. The summed E-state index contributed by atoms with van der Waals surface area (Å²) in [6.45, 7) is 0. The molecule has 38 valence electrons. The van der Waals surface area contributed by atoms with Crippen LogP contribution in [0.3, 0.4) is 0 Å². The molecule has 0 aromatic rings. The first-order chi connectivity index (χ1) is 2.27. The van der Waals surface area contributed by atoms with Crippen LogP contribution in [0.15, 0.2) is 0 Å². The van der Waals surface area contributed by atoms with Gasteiger partial charge in [-0.15, -0.1) is 10.1 Å². The fourth-order valence-electron chi connectivity index (χ4n) is 0. The first-order valence-electron chi connectivity index (χ1n) is 0.783. The number of rotatable bonds is 1. The minimum absolute atomic E-state index is 0. The number of hydrogen-bond donors (Lipinski definition) is 1. The molecule has 0 aromatic carbocycles. The summed E-state index contributed by atoms with van der Waals surface area (Å²) in [6, 6.07) is 0. The average molecular weight is 112 g/mol. The van der Waals surface area contributed by atoms with Gasteiger partial charge in [-0.2, -0.15) is 0 Å². The van der Waals surface area contributed by atoms with Gasteiger partial charge in [0.15, 0.2) is 0 Å². The van der Waals surface area contributed by atoms with E-state index < -0.39 is 5.09 Å². The molecule has 0 saturated carbocycles. The maximum atomic E-state index is 8.93. The Bertz CT molecular complexity index is 44.1. The molecular formula is H5N2O3P. The van der Waals surface area contributed by atoms with Crippen molar-refractivity contribution in [3.05, 3.63) is 10.1 Å². The summed E-state index contributed by atoms with van der Waals surface area (Å²) in [5, 5.41) is 8.02. The van der Waals surface area contributed by atoms with Crippen LogP contribution in [0.25, 0.3) is 0 Å². The molecule has 0 heterocycles. The van der Waals surface area contributed by atoms with Gasteiger partial charge in [0.1, 0.15) is 0 Å². The Labute approximate surface area is 36.6 Å². The van der Waals surface area contributed by atoms with Gasteiger partial charge < -0.3 is 10.8 Å². The molecule has 0 aliphatic rings. The van der Waals surface area contributed by atoms with E-state index in [1.807, 2.05) is 0 Å². The van der Waals surface area contributed by atoms with Crippen molar-refractivity contribution < 1.29 is 9.71 Å². The van der Waals surface area contributed by atoms with Crippen LogP contribution in [0.4, 0.5) is 0 Å². The zero-order chi connectivity index (χ0) is 4.28. The first kappa shape index (κ1) is 9.14. The van der Waals surface area contributed by atoms with E-state index in [-0.39, 0.29) is 6.15 Å². The van der Waals surface area contributed by atoms with Crippen molar-refractivity contribution in [3.8, 4) is 0 Å². The number of hydrogen-bond acceptors (Lipinski definition) is 4. The summed E-state index contributed by atoms with van der Waals surface area (Å²) in [7, 11) is 1.50. The minimum atomic E-state index is -0.912. The molecule has 0 aliphatic carbocycles. The molecule has 6 heteroatoms. The van der Waals surface area contributed by atoms with Gasteiger partial charge in [0.25, 0.3) is 5.09 Å². The monoisotopic (exact) mass is 112 g/mol. The zero-order valence-electron chi connectivity index (χ0n) is 2.96. The minimum Gasteiger partial charge on any atom is -0.344 e. The molecule has 3 N–H and O–H groups in total. The van der Waals surface area contributed by atoms with Crippen LogP contribution >= 0.6 is 9.47 Å². The van der Waals surface area contributed by atoms with Crippen LogP contribution in [0.5, 0.6) is 0 Å². The second-order valence-electron chi connectivity index (χ2n) is 0.329. The van der Waals surface area contributed by atoms with Crippen molar-refractivity contribution in [2.75, 3.05) is 0 Å². The highest BCUT2D eigenvalue weighted by atomic mass is 31.0. The first-order valence-corrected chi connectivity index (χ1v) is 1.25. The average Bonchev–Trinajstić information content (AvgIpc) is 1.38. The molecule has 6 heavy (non-hydrogen) atoms. The van der Waals surface area contributed by atoms with Crippen molar-refractivity contribution in [2.45, 2.75) is 0 Å². The van der Waals surface area contributed by atoms with Crippen molar-refractivity contribution >= 4 is 9.47 Å². The third kappa shape index (κ3) is 9.53. The lowest BCUT2D eigenvalue weighted by Crippen LogP contribution is -1.85. The second kappa shape index (κ2) is 4.59. The topological polar surface area (TPSA) is 87.4 Å². The van der Waals surface area contributed by atoms with Crippen LogP contribution in [0, 0.1) is 10.1 Å². The van der Waals surface area contributed by atoms with E-state index in [0.29, 0.717) is 0 Å². The Hall–Kier alpha value is -0.410. The highest BCUT2D eigenvalue weighted by Gasteiger charge is 1.77. The fraction of sp³-hybridized carbons (Fsp3) is 0. The predicted octanol–water partition coefficient (Wildman–Crippen LogP) is 0.147. The van der Waals surface area contributed by atoms with Crippen molar-refractivity contribution in [1.82, 2.24) is 6.15 Å². The molecule has 0 fully saturated rings. The second-order valence-corrected chi connectivity index (χ2v) is 0.540. The molecule has 1 unspecified atom stereocenters. The van der Waals surface area contributed by atoms with Crippen LogP contribution in [0.1, 0.15) is 0 Å². The summed E-state index contributed by atoms with van der Waals surface area (Å²) >= 11 is 0. The Balaban J connectivity index is 0. The SMILES string of the molecule is N.O=[N+]([O-])OP. The highest BCUT2D eigenvalue weighted by molar-refractivity contribution is 7.09. The summed E-state index contributed by atoms with van der Waals surface area (Å²) in [5.74, 6) is 0. The van der Waals surface area contributed by atoms with Gasteiger partial charge >= 0.3 is 0 Å². The maximum Gasteiger partial charge on any atom is 0.297 e. The van der Waals surface area contributed by atoms with E-state index in [1.54, 1.807) is 0 Å². The normalized spacial score (nSPS) is 5.50. The van der Waals surface area contributed by atoms with Crippen molar-refractivity contribution in [3.63, 3.8) is 0 Å². The van der Waals surface area contributed by atoms with Crippen molar-refractivity contribution in [1.29, 1.82) is 0 Å². The largest absolute Gasteiger partial charge is 0.344 e. The van der Waals surface area contributed by atoms with Gasteiger partial charge in [0.2, 0.25) is 0 Å². The summed E-state index contributed by atoms with van der Waals surface area (Å²) < 4.78 is 3.39. The fourth-order valence-corrected chi connectivity index (χ4v) is 0. The Morgan fingerprint density at radius 3 is 2.00 bits per heavy atom. The molecule has 0 bridgehead atoms. The van der Waals surface area contributed by atoms with Gasteiger partial charge in [-0.3, -0.25) is 0 Å². The molecule has 5 nitrogen and oxygen atoms in total. The van der Waals surface area contributed by atoms with Crippen molar-refractivity contribution in [2.24, 2.45) is 0 Å².